The van der Waals surface area contributed by atoms with E-state index in [2.05, 4.69) is 5.32 Å². The first kappa shape index (κ1) is 24.5. The van der Waals surface area contributed by atoms with Crippen LogP contribution in [0.15, 0.2) is 42.5 Å². The normalized spacial score (nSPS) is 19.8. The molecule has 0 spiro atoms. The third-order valence-corrected chi connectivity index (χ3v) is 7.03. The van der Waals surface area contributed by atoms with Crippen LogP contribution in [0.1, 0.15) is 53.8 Å². The molecule has 3 heterocycles. The summed E-state index contributed by atoms with van der Waals surface area (Å²) in [5.74, 6) is -1.68. The van der Waals surface area contributed by atoms with Crippen LogP contribution in [0, 0.1) is 0 Å². The molecule has 0 saturated carbocycles. The highest BCUT2D eigenvalue weighted by Gasteiger charge is 2.41. The summed E-state index contributed by atoms with van der Waals surface area (Å²) < 4.78 is 5.73. The summed E-state index contributed by atoms with van der Waals surface area (Å²) in [7, 11) is 0. The van der Waals surface area contributed by atoms with Gasteiger partial charge < -0.3 is 15.0 Å². The van der Waals surface area contributed by atoms with Crippen LogP contribution in [0.2, 0.25) is 0 Å². The largest absolute Gasteiger partial charge is 0.479 e. The van der Waals surface area contributed by atoms with Gasteiger partial charge in [-0.15, -0.1) is 0 Å². The molecular weight excluding hydrogens is 476 g/mol. The fraction of sp³-hybridized carbons (Fsp3) is 0.370. The second kappa shape index (κ2) is 9.68. The number of nitrogens with one attached hydrogen (secondary N) is 1. The van der Waals surface area contributed by atoms with E-state index in [-0.39, 0.29) is 29.5 Å². The van der Waals surface area contributed by atoms with E-state index >= 15 is 0 Å². The molecule has 3 aliphatic rings. The van der Waals surface area contributed by atoms with Crippen molar-refractivity contribution >= 4 is 40.9 Å². The molecule has 10 nitrogen and oxygen atoms in total. The summed E-state index contributed by atoms with van der Waals surface area (Å²) in [6, 6.07) is 10.2. The zero-order chi connectivity index (χ0) is 26.3. The lowest BCUT2D eigenvalue weighted by atomic mass is 10.1. The lowest BCUT2D eigenvalue weighted by Crippen LogP contribution is -2.50. The summed E-state index contributed by atoms with van der Waals surface area (Å²) >= 11 is 0. The van der Waals surface area contributed by atoms with Crippen molar-refractivity contribution in [2.75, 3.05) is 29.9 Å². The summed E-state index contributed by atoms with van der Waals surface area (Å²) in [4.78, 5) is 68.6. The van der Waals surface area contributed by atoms with E-state index in [1.54, 1.807) is 54.3 Å². The number of anilines is 2. The summed E-state index contributed by atoms with van der Waals surface area (Å²) in [6.07, 6.45) is 2.22. The molecule has 3 aliphatic heterocycles. The van der Waals surface area contributed by atoms with Gasteiger partial charge in [0, 0.05) is 18.8 Å². The van der Waals surface area contributed by atoms with Gasteiger partial charge in [-0.1, -0.05) is 12.1 Å². The maximum atomic E-state index is 13.1. The van der Waals surface area contributed by atoms with E-state index < -0.39 is 29.9 Å². The SMILES string of the molecule is CC1Oc2ccc(NC(=O)C(C)N3C(=O)c4ccccc4C3=O)cc2N(CC(=O)N2CCCCC2)C1=O. The Hall–Kier alpha value is -4.21. The minimum Gasteiger partial charge on any atom is -0.479 e. The first-order valence-corrected chi connectivity index (χ1v) is 12.4. The van der Waals surface area contributed by atoms with Crippen molar-refractivity contribution in [2.45, 2.75) is 45.3 Å². The van der Waals surface area contributed by atoms with Crippen molar-refractivity contribution in [3.05, 3.63) is 53.6 Å². The second-order valence-electron chi connectivity index (χ2n) is 9.50. The highest BCUT2D eigenvalue weighted by molar-refractivity contribution is 6.23. The third kappa shape index (κ3) is 4.43. The molecule has 37 heavy (non-hydrogen) atoms. The van der Waals surface area contributed by atoms with Crippen LogP contribution in [0.25, 0.3) is 0 Å². The number of fused-ring (bicyclic) bond motifs is 2. The Labute approximate surface area is 214 Å². The molecule has 0 bridgehead atoms. The van der Waals surface area contributed by atoms with E-state index in [4.69, 9.17) is 4.74 Å². The Bertz CT molecular complexity index is 1270. The second-order valence-corrected chi connectivity index (χ2v) is 9.50. The van der Waals surface area contributed by atoms with Gasteiger partial charge in [0.1, 0.15) is 18.3 Å². The molecule has 0 radical (unpaired) electrons. The number of rotatable bonds is 5. The molecular formula is C27H28N4O6. The number of carbonyl (C=O) groups is 5. The van der Waals surface area contributed by atoms with Crippen LogP contribution in [0.4, 0.5) is 11.4 Å². The summed E-state index contributed by atoms with van der Waals surface area (Å²) in [5, 5.41) is 2.73. The fourth-order valence-corrected chi connectivity index (χ4v) is 4.95. The molecule has 2 aromatic rings. The van der Waals surface area contributed by atoms with Crippen molar-refractivity contribution in [3.8, 4) is 5.75 Å². The van der Waals surface area contributed by atoms with E-state index in [1.165, 1.54) is 11.8 Å². The van der Waals surface area contributed by atoms with Gasteiger partial charge >= 0.3 is 0 Å². The average Bonchev–Trinajstić information content (AvgIpc) is 3.16. The molecule has 1 saturated heterocycles. The smallest absolute Gasteiger partial charge is 0.268 e. The number of hydrogen-bond donors (Lipinski definition) is 1. The Kier molecular flexibility index (Phi) is 6.41. The monoisotopic (exact) mass is 504 g/mol. The van der Waals surface area contributed by atoms with Crippen molar-refractivity contribution in [1.29, 1.82) is 0 Å². The summed E-state index contributed by atoms with van der Waals surface area (Å²) in [5.41, 5.74) is 1.24. The van der Waals surface area contributed by atoms with Crippen molar-refractivity contribution in [3.63, 3.8) is 0 Å². The minimum absolute atomic E-state index is 0.123. The van der Waals surface area contributed by atoms with Gasteiger partial charge in [0.15, 0.2) is 6.10 Å². The van der Waals surface area contributed by atoms with Crippen LogP contribution in [-0.4, -0.2) is 71.1 Å². The lowest BCUT2D eigenvalue weighted by molar-refractivity contribution is -0.133. The van der Waals surface area contributed by atoms with Gasteiger partial charge in [-0.2, -0.15) is 0 Å². The predicted molar refractivity (Wildman–Crippen MR) is 134 cm³/mol. The predicted octanol–water partition coefficient (Wildman–Crippen LogP) is 2.44. The molecule has 5 rings (SSSR count). The molecule has 5 amide bonds. The van der Waals surface area contributed by atoms with E-state index in [0.29, 0.717) is 30.2 Å². The van der Waals surface area contributed by atoms with Crippen LogP contribution >= 0.6 is 0 Å². The number of benzene rings is 2. The van der Waals surface area contributed by atoms with Gasteiger partial charge in [0.25, 0.3) is 17.7 Å². The zero-order valence-corrected chi connectivity index (χ0v) is 20.7. The van der Waals surface area contributed by atoms with Crippen LogP contribution in [0.5, 0.6) is 5.75 Å². The van der Waals surface area contributed by atoms with Crippen molar-refractivity contribution < 1.29 is 28.7 Å². The van der Waals surface area contributed by atoms with Crippen LogP contribution in [-0.2, 0) is 14.4 Å². The molecule has 10 heteroatoms. The first-order valence-electron chi connectivity index (χ1n) is 12.4. The number of likely N-dealkylation sites (tertiary alicyclic amines) is 1. The van der Waals surface area contributed by atoms with Crippen LogP contribution in [0.3, 0.4) is 0 Å². The average molecular weight is 505 g/mol. The number of carbonyl (C=O) groups excluding carboxylic acids is 5. The number of piperidine rings is 1. The molecule has 1 fully saturated rings. The fourth-order valence-electron chi connectivity index (χ4n) is 4.95. The maximum Gasteiger partial charge on any atom is 0.268 e. The van der Waals surface area contributed by atoms with Crippen LogP contribution < -0.4 is 15.0 Å². The topological polar surface area (TPSA) is 116 Å². The minimum atomic E-state index is -1.07. The van der Waals surface area contributed by atoms with Gasteiger partial charge in [-0.05, 0) is 63.4 Å². The van der Waals surface area contributed by atoms with Crippen molar-refractivity contribution in [1.82, 2.24) is 9.80 Å². The number of imide groups is 1. The number of ether oxygens (including phenoxy) is 1. The molecule has 0 aromatic heterocycles. The Morgan fingerprint density at radius 1 is 1.00 bits per heavy atom. The Morgan fingerprint density at radius 2 is 1.65 bits per heavy atom. The molecule has 2 unspecified atom stereocenters. The number of nitrogens with zero attached hydrogens (tertiary/aromatic N) is 3. The molecule has 192 valence electrons. The number of hydrogen-bond acceptors (Lipinski definition) is 6. The van der Waals surface area contributed by atoms with E-state index in [9.17, 15) is 24.0 Å². The quantitative estimate of drug-likeness (QED) is 0.626. The Morgan fingerprint density at radius 3 is 2.30 bits per heavy atom. The standard InChI is InChI=1S/C27H28N4O6/c1-16(31-26(35)19-8-4-5-9-20(19)27(31)36)24(33)28-18-10-11-22-21(14-18)30(25(34)17(2)37-22)15-23(32)29-12-6-3-7-13-29/h4-5,8-11,14,16-17H,3,6-7,12-13,15H2,1-2H3,(H,28,33). The van der Waals surface area contributed by atoms with E-state index in [0.717, 1.165) is 24.2 Å². The molecule has 1 N–H and O–H groups in total. The highest BCUT2D eigenvalue weighted by Crippen LogP contribution is 2.36. The van der Waals surface area contributed by atoms with Gasteiger partial charge in [-0.25, -0.2) is 0 Å². The Balaban J connectivity index is 1.34. The van der Waals surface area contributed by atoms with E-state index in [1.807, 2.05) is 0 Å². The van der Waals surface area contributed by atoms with Gasteiger partial charge in [-0.3, -0.25) is 33.8 Å². The molecule has 0 aliphatic carbocycles. The number of amides is 5. The third-order valence-electron chi connectivity index (χ3n) is 7.03. The molecule has 2 atom stereocenters. The summed E-state index contributed by atoms with van der Waals surface area (Å²) in [6.45, 7) is 4.33. The highest BCUT2D eigenvalue weighted by atomic mass is 16.5. The lowest BCUT2D eigenvalue weighted by Gasteiger charge is -2.35. The molecule has 2 aromatic carbocycles. The first-order chi connectivity index (χ1) is 17.8. The zero-order valence-electron chi connectivity index (χ0n) is 20.7. The van der Waals surface area contributed by atoms with Gasteiger partial charge in [0.2, 0.25) is 11.8 Å². The van der Waals surface area contributed by atoms with Crippen molar-refractivity contribution in [2.24, 2.45) is 0 Å². The maximum absolute atomic E-state index is 13.1. The van der Waals surface area contributed by atoms with Gasteiger partial charge in [0.05, 0.1) is 16.8 Å².